The first-order valence-electron chi connectivity index (χ1n) is 7.06. The molecule has 2 aromatic rings. The van der Waals surface area contributed by atoms with Gasteiger partial charge in [0.25, 0.3) is 0 Å². The number of hydrogen-bond donors (Lipinski definition) is 1. The largest absolute Gasteiger partial charge is 0.311 e. The highest BCUT2D eigenvalue weighted by atomic mass is 15.3. The maximum absolute atomic E-state index is 4.33. The number of nitrogens with one attached hydrogen (secondary N) is 1. The molecular weight excluding hydrogens is 234 g/mol. The van der Waals surface area contributed by atoms with Gasteiger partial charge in [-0.05, 0) is 37.9 Å². The van der Waals surface area contributed by atoms with E-state index in [-0.39, 0.29) is 0 Å². The van der Waals surface area contributed by atoms with Gasteiger partial charge in [0.1, 0.15) is 0 Å². The molecule has 0 radical (unpaired) electrons. The summed E-state index contributed by atoms with van der Waals surface area (Å²) in [7, 11) is 0. The fourth-order valence-corrected chi connectivity index (χ4v) is 2.24. The van der Waals surface area contributed by atoms with Crippen molar-refractivity contribution in [2.45, 2.75) is 39.8 Å². The molecule has 3 heteroatoms. The topological polar surface area (TPSA) is 29.9 Å². The van der Waals surface area contributed by atoms with Crippen molar-refractivity contribution in [1.29, 1.82) is 0 Å². The van der Waals surface area contributed by atoms with Gasteiger partial charge in [-0.2, -0.15) is 5.10 Å². The van der Waals surface area contributed by atoms with Gasteiger partial charge in [-0.3, -0.25) is 4.68 Å². The Balaban J connectivity index is 1.76. The fourth-order valence-electron chi connectivity index (χ4n) is 2.24. The van der Waals surface area contributed by atoms with Crippen LogP contribution in [0.2, 0.25) is 0 Å². The monoisotopic (exact) mass is 257 g/mol. The predicted octanol–water partition coefficient (Wildman–Crippen LogP) is 2.93. The third-order valence-electron chi connectivity index (χ3n) is 3.22. The lowest BCUT2D eigenvalue weighted by molar-refractivity contribution is 0.550. The zero-order chi connectivity index (χ0) is 13.5. The predicted molar refractivity (Wildman–Crippen MR) is 79.1 cm³/mol. The lowest BCUT2D eigenvalue weighted by atomic mass is 10.1. The van der Waals surface area contributed by atoms with E-state index in [0.717, 1.165) is 32.5 Å². The number of nitrogens with zero attached hydrogens (tertiary/aromatic N) is 2. The molecule has 2 rings (SSSR count). The molecular formula is C16H23N3. The average molecular weight is 257 g/mol. The second-order valence-electron chi connectivity index (χ2n) is 4.96. The average Bonchev–Trinajstić information content (AvgIpc) is 2.83. The first kappa shape index (κ1) is 13.8. The van der Waals surface area contributed by atoms with Crippen LogP contribution in [0.15, 0.2) is 36.5 Å². The zero-order valence-corrected chi connectivity index (χ0v) is 11.9. The van der Waals surface area contributed by atoms with E-state index >= 15 is 0 Å². The summed E-state index contributed by atoms with van der Waals surface area (Å²) in [5, 5.41) is 7.82. The second-order valence-corrected chi connectivity index (χ2v) is 4.96. The van der Waals surface area contributed by atoms with Crippen molar-refractivity contribution in [2.75, 3.05) is 6.54 Å². The number of aromatic nitrogens is 2. The quantitative estimate of drug-likeness (QED) is 0.773. The van der Waals surface area contributed by atoms with Gasteiger partial charge in [0, 0.05) is 19.3 Å². The Kier molecular flexibility index (Phi) is 5.16. The highest BCUT2D eigenvalue weighted by molar-refractivity contribution is 5.22. The van der Waals surface area contributed by atoms with E-state index in [2.05, 4.69) is 59.3 Å². The first-order valence-corrected chi connectivity index (χ1v) is 7.06. The maximum Gasteiger partial charge on any atom is 0.0522 e. The molecule has 1 N–H and O–H groups in total. The van der Waals surface area contributed by atoms with Gasteiger partial charge in [-0.15, -0.1) is 0 Å². The van der Waals surface area contributed by atoms with E-state index in [0.29, 0.717) is 0 Å². The van der Waals surface area contributed by atoms with Crippen molar-refractivity contribution in [3.05, 3.63) is 53.3 Å². The van der Waals surface area contributed by atoms with Gasteiger partial charge in [-0.1, -0.05) is 36.8 Å². The molecule has 102 valence electrons. The Bertz CT molecular complexity index is 502. The number of benzene rings is 1. The van der Waals surface area contributed by atoms with Gasteiger partial charge in [0.05, 0.1) is 5.69 Å². The van der Waals surface area contributed by atoms with E-state index in [1.165, 1.54) is 16.8 Å². The van der Waals surface area contributed by atoms with Crippen LogP contribution >= 0.6 is 0 Å². The highest BCUT2D eigenvalue weighted by Gasteiger charge is 2.00. The van der Waals surface area contributed by atoms with Crippen LogP contribution < -0.4 is 5.32 Å². The minimum atomic E-state index is 0.895. The maximum atomic E-state index is 4.33. The lowest BCUT2D eigenvalue weighted by Crippen LogP contribution is -2.19. The van der Waals surface area contributed by atoms with Crippen molar-refractivity contribution < 1.29 is 0 Å². The summed E-state index contributed by atoms with van der Waals surface area (Å²) in [5.41, 5.74) is 4.00. The Hall–Kier alpha value is -1.61. The summed E-state index contributed by atoms with van der Waals surface area (Å²) in [6, 6.07) is 10.8. The molecule has 1 heterocycles. The van der Waals surface area contributed by atoms with Gasteiger partial charge in [0.15, 0.2) is 0 Å². The SMILES string of the molecule is CCCn1nccc1CNCCc1cccc(C)c1. The fraction of sp³-hybridized carbons (Fsp3) is 0.438. The van der Waals surface area contributed by atoms with Gasteiger partial charge in [0.2, 0.25) is 0 Å². The zero-order valence-electron chi connectivity index (χ0n) is 11.9. The van der Waals surface area contributed by atoms with Crippen molar-refractivity contribution in [1.82, 2.24) is 15.1 Å². The van der Waals surface area contributed by atoms with Crippen LogP contribution in [-0.2, 0) is 19.5 Å². The van der Waals surface area contributed by atoms with Crippen LogP contribution in [0.25, 0.3) is 0 Å². The minimum Gasteiger partial charge on any atom is -0.311 e. The van der Waals surface area contributed by atoms with Crippen LogP contribution in [0.4, 0.5) is 0 Å². The van der Waals surface area contributed by atoms with E-state index < -0.39 is 0 Å². The Labute approximate surface area is 115 Å². The van der Waals surface area contributed by atoms with Crippen LogP contribution in [0.5, 0.6) is 0 Å². The van der Waals surface area contributed by atoms with Gasteiger partial charge >= 0.3 is 0 Å². The molecule has 3 nitrogen and oxygen atoms in total. The molecule has 1 aromatic heterocycles. The standard InChI is InChI=1S/C16H23N3/c1-3-11-19-16(8-10-18-19)13-17-9-7-15-6-4-5-14(2)12-15/h4-6,8,10,12,17H,3,7,9,11,13H2,1-2H3. The van der Waals surface area contributed by atoms with Crippen molar-refractivity contribution in [3.63, 3.8) is 0 Å². The van der Waals surface area contributed by atoms with E-state index in [1.54, 1.807) is 0 Å². The Morgan fingerprint density at radius 3 is 2.95 bits per heavy atom. The highest BCUT2D eigenvalue weighted by Crippen LogP contribution is 2.04. The second kappa shape index (κ2) is 7.10. The molecule has 0 aliphatic rings. The summed E-state index contributed by atoms with van der Waals surface area (Å²) in [5.74, 6) is 0. The summed E-state index contributed by atoms with van der Waals surface area (Å²) in [4.78, 5) is 0. The normalized spacial score (nSPS) is 10.8. The lowest BCUT2D eigenvalue weighted by Gasteiger charge is -2.08. The number of hydrogen-bond acceptors (Lipinski definition) is 2. The summed E-state index contributed by atoms with van der Waals surface area (Å²) >= 11 is 0. The van der Waals surface area contributed by atoms with E-state index in [1.807, 2.05) is 6.20 Å². The van der Waals surface area contributed by atoms with Crippen molar-refractivity contribution in [2.24, 2.45) is 0 Å². The molecule has 0 aliphatic heterocycles. The molecule has 0 fully saturated rings. The first-order chi connectivity index (χ1) is 9.29. The summed E-state index contributed by atoms with van der Waals surface area (Å²) < 4.78 is 2.08. The molecule has 0 saturated heterocycles. The Morgan fingerprint density at radius 2 is 2.16 bits per heavy atom. The molecule has 0 saturated carbocycles. The van der Waals surface area contributed by atoms with Gasteiger partial charge in [-0.25, -0.2) is 0 Å². The van der Waals surface area contributed by atoms with Crippen molar-refractivity contribution >= 4 is 0 Å². The smallest absolute Gasteiger partial charge is 0.0522 e. The van der Waals surface area contributed by atoms with Crippen LogP contribution in [0.3, 0.4) is 0 Å². The van der Waals surface area contributed by atoms with Crippen LogP contribution in [-0.4, -0.2) is 16.3 Å². The minimum absolute atomic E-state index is 0.895. The molecule has 0 bridgehead atoms. The van der Waals surface area contributed by atoms with E-state index in [4.69, 9.17) is 0 Å². The third-order valence-corrected chi connectivity index (χ3v) is 3.22. The van der Waals surface area contributed by atoms with E-state index in [9.17, 15) is 0 Å². The van der Waals surface area contributed by atoms with Crippen molar-refractivity contribution in [3.8, 4) is 0 Å². The molecule has 0 amide bonds. The van der Waals surface area contributed by atoms with Crippen LogP contribution in [0, 0.1) is 6.92 Å². The molecule has 1 aromatic carbocycles. The number of aryl methyl sites for hydroxylation is 2. The molecule has 0 unspecified atom stereocenters. The Morgan fingerprint density at radius 1 is 1.26 bits per heavy atom. The van der Waals surface area contributed by atoms with Gasteiger partial charge < -0.3 is 5.32 Å². The summed E-state index contributed by atoms with van der Waals surface area (Å²) in [6.07, 6.45) is 4.08. The summed E-state index contributed by atoms with van der Waals surface area (Å²) in [6.45, 7) is 7.21. The molecule has 0 spiro atoms. The van der Waals surface area contributed by atoms with Crippen LogP contribution in [0.1, 0.15) is 30.2 Å². The third kappa shape index (κ3) is 4.21. The molecule has 0 aliphatic carbocycles. The number of rotatable bonds is 7. The molecule has 0 atom stereocenters. The molecule has 19 heavy (non-hydrogen) atoms.